The number of hydrogen-bond acceptors (Lipinski definition) is 8. The summed E-state index contributed by atoms with van der Waals surface area (Å²) >= 11 is 0. The minimum absolute atomic E-state index is 0.0482. The lowest BCUT2D eigenvalue weighted by atomic mass is 9.97. The Balaban J connectivity index is 1.26. The monoisotopic (exact) mass is 489 g/mol. The van der Waals surface area contributed by atoms with E-state index >= 15 is 0 Å². The normalized spacial score (nSPS) is 33.9. The highest BCUT2D eigenvalue weighted by molar-refractivity contribution is 5.72. The van der Waals surface area contributed by atoms with Crippen LogP contribution in [-0.2, 0) is 28.5 Å². The zero-order valence-corrected chi connectivity index (χ0v) is 20.7. The van der Waals surface area contributed by atoms with Gasteiger partial charge in [0.15, 0.2) is 12.6 Å². The highest BCUT2D eigenvalue weighted by Gasteiger charge is 2.53. The number of hydrogen-bond donors (Lipinski definition) is 0. The van der Waals surface area contributed by atoms with Crippen LogP contribution in [0.15, 0.2) is 30.3 Å². The number of rotatable bonds is 10. The third-order valence-corrected chi connectivity index (χ3v) is 7.57. The Morgan fingerprint density at radius 1 is 1.03 bits per heavy atom. The minimum atomic E-state index is -0.211. The summed E-state index contributed by atoms with van der Waals surface area (Å²) in [6.07, 6.45) is 6.62. The number of fused-ring (bicyclic) bond motifs is 1. The van der Waals surface area contributed by atoms with Gasteiger partial charge in [-0.1, -0.05) is 18.2 Å². The summed E-state index contributed by atoms with van der Waals surface area (Å²) in [4.78, 5) is 14.4. The lowest BCUT2D eigenvalue weighted by Crippen LogP contribution is -2.49. The molecule has 7 atom stereocenters. The van der Waals surface area contributed by atoms with Crippen LogP contribution in [0.4, 0.5) is 0 Å². The number of esters is 1. The Hall–Kier alpha value is -1.71. The number of para-hydroxylation sites is 1. The molecule has 0 spiro atoms. The molecule has 3 saturated heterocycles. The van der Waals surface area contributed by atoms with Crippen molar-refractivity contribution in [3.8, 4) is 5.75 Å². The maximum absolute atomic E-state index is 12.1. The predicted octanol–water partition coefficient (Wildman–Crippen LogP) is 3.52. The molecule has 1 aromatic carbocycles. The number of likely N-dealkylation sites (N-methyl/N-ethyl adjacent to an activating group) is 1. The zero-order valence-electron chi connectivity index (χ0n) is 20.7. The van der Waals surface area contributed by atoms with Crippen LogP contribution >= 0.6 is 0 Å². The van der Waals surface area contributed by atoms with E-state index in [1.165, 1.54) is 0 Å². The second-order valence-electron chi connectivity index (χ2n) is 10.2. The van der Waals surface area contributed by atoms with Crippen molar-refractivity contribution in [1.82, 2.24) is 4.90 Å². The molecule has 0 amide bonds. The Labute approximate surface area is 208 Å². The lowest BCUT2D eigenvalue weighted by Gasteiger charge is -2.37. The van der Waals surface area contributed by atoms with Crippen molar-refractivity contribution in [2.75, 3.05) is 33.4 Å². The highest BCUT2D eigenvalue weighted by Crippen LogP contribution is 2.41. The van der Waals surface area contributed by atoms with Gasteiger partial charge in [0, 0.05) is 38.1 Å². The van der Waals surface area contributed by atoms with Gasteiger partial charge in [-0.2, -0.15) is 0 Å². The Kier molecular flexibility index (Phi) is 8.57. The first-order valence-corrected chi connectivity index (χ1v) is 13.3. The van der Waals surface area contributed by atoms with Crippen molar-refractivity contribution in [2.24, 2.45) is 5.92 Å². The van der Waals surface area contributed by atoms with E-state index in [1.807, 2.05) is 30.3 Å². The first-order valence-electron chi connectivity index (χ1n) is 13.3. The van der Waals surface area contributed by atoms with Crippen molar-refractivity contribution in [2.45, 2.75) is 88.3 Å². The molecular weight excluding hydrogens is 450 g/mol. The first kappa shape index (κ1) is 25.0. The maximum atomic E-state index is 12.1. The first-order chi connectivity index (χ1) is 17.2. The summed E-state index contributed by atoms with van der Waals surface area (Å²) < 4.78 is 36.4. The number of ether oxygens (including phenoxy) is 6. The molecular formula is C27H39NO7. The fraction of sp³-hybridized carbons (Fsp3) is 0.741. The van der Waals surface area contributed by atoms with Gasteiger partial charge in [0.05, 0.1) is 12.5 Å². The van der Waals surface area contributed by atoms with E-state index in [-0.39, 0.29) is 48.8 Å². The van der Waals surface area contributed by atoms with Crippen molar-refractivity contribution < 1.29 is 33.2 Å². The molecule has 0 bridgehead atoms. The fourth-order valence-electron chi connectivity index (χ4n) is 5.91. The van der Waals surface area contributed by atoms with Crippen molar-refractivity contribution in [3.63, 3.8) is 0 Å². The van der Waals surface area contributed by atoms with Crippen LogP contribution < -0.4 is 4.74 Å². The summed E-state index contributed by atoms with van der Waals surface area (Å²) in [5.41, 5.74) is 0. The Morgan fingerprint density at radius 3 is 2.49 bits per heavy atom. The van der Waals surface area contributed by atoms with Crippen molar-refractivity contribution in [3.05, 3.63) is 30.3 Å². The van der Waals surface area contributed by atoms with E-state index in [1.54, 1.807) is 0 Å². The fourth-order valence-corrected chi connectivity index (χ4v) is 5.91. The smallest absolute Gasteiger partial charge is 0.306 e. The maximum Gasteiger partial charge on any atom is 0.306 e. The molecule has 3 heterocycles. The molecule has 8 heteroatoms. The lowest BCUT2D eigenvalue weighted by molar-refractivity contribution is -0.207. The quantitative estimate of drug-likeness (QED) is 0.462. The van der Waals surface area contributed by atoms with E-state index in [4.69, 9.17) is 28.4 Å². The van der Waals surface area contributed by atoms with Gasteiger partial charge in [0.1, 0.15) is 24.6 Å². The topological polar surface area (TPSA) is 75.7 Å². The van der Waals surface area contributed by atoms with Gasteiger partial charge in [-0.05, 0) is 57.7 Å². The molecule has 3 aliphatic heterocycles. The third kappa shape index (κ3) is 6.54. The van der Waals surface area contributed by atoms with E-state index in [0.717, 1.165) is 57.5 Å². The third-order valence-electron chi connectivity index (χ3n) is 7.57. The summed E-state index contributed by atoms with van der Waals surface area (Å²) in [6, 6.07) is 9.86. The molecule has 0 radical (unpaired) electrons. The molecule has 1 saturated carbocycles. The van der Waals surface area contributed by atoms with Gasteiger partial charge in [-0.15, -0.1) is 0 Å². The van der Waals surface area contributed by atoms with Crippen LogP contribution in [0.25, 0.3) is 0 Å². The van der Waals surface area contributed by atoms with E-state index in [0.29, 0.717) is 26.0 Å². The molecule has 5 rings (SSSR count). The van der Waals surface area contributed by atoms with E-state index < -0.39 is 0 Å². The van der Waals surface area contributed by atoms with Crippen LogP contribution in [0, 0.1) is 5.92 Å². The van der Waals surface area contributed by atoms with Crippen molar-refractivity contribution in [1.29, 1.82) is 0 Å². The summed E-state index contributed by atoms with van der Waals surface area (Å²) in [5.74, 6) is 0.823. The Morgan fingerprint density at radius 2 is 1.77 bits per heavy atom. The summed E-state index contributed by atoms with van der Waals surface area (Å²) in [7, 11) is 2.09. The SMILES string of the molecule is CN(CC(COc1ccccc1)OC1CCCCO1)[C@@H]1[C@@H]2CC(=O)O[C@@H]2C[C@H]1OC1CCCCO1. The van der Waals surface area contributed by atoms with Gasteiger partial charge in [0.25, 0.3) is 0 Å². The van der Waals surface area contributed by atoms with Gasteiger partial charge >= 0.3 is 5.97 Å². The van der Waals surface area contributed by atoms with E-state index in [9.17, 15) is 4.79 Å². The minimum Gasteiger partial charge on any atom is -0.491 e. The van der Waals surface area contributed by atoms with Gasteiger partial charge in [-0.25, -0.2) is 0 Å². The van der Waals surface area contributed by atoms with Crippen LogP contribution in [-0.4, -0.2) is 81.2 Å². The van der Waals surface area contributed by atoms with Gasteiger partial charge in [0.2, 0.25) is 0 Å². The second-order valence-corrected chi connectivity index (χ2v) is 10.2. The van der Waals surface area contributed by atoms with Gasteiger partial charge in [-0.3, -0.25) is 9.69 Å². The molecule has 1 aliphatic carbocycles. The molecule has 0 N–H and O–H groups in total. The average Bonchev–Trinajstić information content (AvgIpc) is 3.39. The van der Waals surface area contributed by atoms with Crippen LogP contribution in [0.1, 0.15) is 51.4 Å². The molecule has 194 valence electrons. The molecule has 4 fully saturated rings. The largest absolute Gasteiger partial charge is 0.491 e. The molecule has 8 nitrogen and oxygen atoms in total. The second kappa shape index (κ2) is 12.0. The van der Waals surface area contributed by atoms with Crippen molar-refractivity contribution >= 4 is 5.97 Å². The number of carbonyl (C=O) groups is 1. The predicted molar refractivity (Wildman–Crippen MR) is 128 cm³/mol. The number of carbonyl (C=O) groups excluding carboxylic acids is 1. The molecule has 0 aromatic heterocycles. The summed E-state index contributed by atoms with van der Waals surface area (Å²) in [6.45, 7) is 2.53. The zero-order chi connectivity index (χ0) is 24.0. The molecule has 4 aliphatic rings. The number of benzene rings is 1. The van der Waals surface area contributed by atoms with Crippen LogP contribution in [0.5, 0.6) is 5.75 Å². The van der Waals surface area contributed by atoms with E-state index in [2.05, 4.69) is 11.9 Å². The van der Waals surface area contributed by atoms with Gasteiger partial charge < -0.3 is 28.4 Å². The summed E-state index contributed by atoms with van der Waals surface area (Å²) in [5, 5.41) is 0. The van der Waals surface area contributed by atoms with Crippen LogP contribution in [0.2, 0.25) is 0 Å². The molecule has 1 aromatic rings. The number of nitrogens with zero attached hydrogens (tertiary/aromatic N) is 1. The Bertz CT molecular complexity index is 796. The standard InChI is InChI=1S/C27H39NO7/c1-28(17-20(33-25-11-5-7-13-30-25)18-32-19-9-3-2-4-10-19)27-21-15-24(29)34-22(21)16-23(27)35-26-12-6-8-14-31-26/h2-4,9-10,20-23,25-27H,5-8,11-18H2,1H3/t20?,21-,22-,23-,25?,26?,27-/m1/s1. The van der Waals surface area contributed by atoms with Crippen LogP contribution in [0.3, 0.4) is 0 Å². The molecule has 35 heavy (non-hydrogen) atoms. The highest BCUT2D eigenvalue weighted by atomic mass is 16.7. The average molecular weight is 490 g/mol. The molecule has 3 unspecified atom stereocenters.